The molecule has 0 heterocycles. The van der Waals surface area contributed by atoms with Crippen LogP contribution in [0, 0.1) is 6.92 Å². The Labute approximate surface area is 96.2 Å². The molecule has 1 atom stereocenters. The van der Waals surface area contributed by atoms with Gasteiger partial charge in [-0.2, -0.15) is 0 Å². The van der Waals surface area contributed by atoms with E-state index in [-0.39, 0.29) is 0 Å². The number of hydrogen-bond acceptors (Lipinski definition) is 3. The van der Waals surface area contributed by atoms with Gasteiger partial charge in [0.2, 0.25) is 0 Å². The molecule has 0 bridgehead atoms. The molecule has 1 rings (SSSR count). The van der Waals surface area contributed by atoms with E-state index in [0.29, 0.717) is 11.3 Å². The molecule has 0 fully saturated rings. The van der Waals surface area contributed by atoms with Gasteiger partial charge >= 0.3 is 5.97 Å². The maximum absolute atomic E-state index is 10.8. The Kier molecular flexibility index (Phi) is 3.71. The molecule has 0 saturated carbocycles. The molecule has 1 aromatic carbocycles. The van der Waals surface area contributed by atoms with Crippen molar-refractivity contribution in [2.45, 2.75) is 13.0 Å². The van der Waals surface area contributed by atoms with Crippen molar-refractivity contribution in [1.29, 1.82) is 0 Å². The monoisotopic (exact) mass is 273 g/mol. The van der Waals surface area contributed by atoms with Gasteiger partial charge in [0.1, 0.15) is 11.8 Å². The van der Waals surface area contributed by atoms with Crippen LogP contribution >= 0.6 is 15.9 Å². The van der Waals surface area contributed by atoms with E-state index in [1.54, 1.807) is 12.1 Å². The number of carboxylic acids is 1. The summed E-state index contributed by atoms with van der Waals surface area (Å²) in [5.41, 5.74) is 6.92. The number of carboxylic acid groups (broad SMARTS) is 1. The van der Waals surface area contributed by atoms with E-state index in [2.05, 4.69) is 15.9 Å². The molecule has 0 aliphatic rings. The first-order valence-corrected chi connectivity index (χ1v) is 5.09. The topological polar surface area (TPSA) is 72.5 Å². The Morgan fingerprint density at radius 1 is 1.60 bits per heavy atom. The second kappa shape index (κ2) is 4.63. The van der Waals surface area contributed by atoms with Crippen molar-refractivity contribution in [3.05, 3.63) is 27.7 Å². The molecule has 0 aliphatic heterocycles. The minimum Gasteiger partial charge on any atom is -0.497 e. The van der Waals surface area contributed by atoms with Crippen LogP contribution in [-0.2, 0) is 4.79 Å². The zero-order valence-corrected chi connectivity index (χ0v) is 10.0. The van der Waals surface area contributed by atoms with Crippen LogP contribution in [0.25, 0.3) is 0 Å². The van der Waals surface area contributed by atoms with Crippen LogP contribution in [0.4, 0.5) is 0 Å². The molecule has 82 valence electrons. The van der Waals surface area contributed by atoms with Gasteiger partial charge in [-0.05, 0) is 30.2 Å². The number of methoxy groups -OCH3 is 1. The molecule has 5 heteroatoms. The lowest BCUT2D eigenvalue weighted by molar-refractivity contribution is -0.138. The van der Waals surface area contributed by atoms with Crippen molar-refractivity contribution in [3.63, 3.8) is 0 Å². The highest BCUT2D eigenvalue weighted by Gasteiger charge is 2.18. The lowest BCUT2D eigenvalue weighted by Crippen LogP contribution is -2.21. The number of hydrogen-bond donors (Lipinski definition) is 2. The maximum Gasteiger partial charge on any atom is 0.325 e. The Morgan fingerprint density at radius 3 is 2.67 bits per heavy atom. The normalized spacial score (nSPS) is 12.3. The van der Waals surface area contributed by atoms with Gasteiger partial charge in [0.05, 0.1) is 7.11 Å². The Balaban J connectivity index is 3.27. The van der Waals surface area contributed by atoms with Gasteiger partial charge in [0.25, 0.3) is 0 Å². The predicted molar refractivity (Wildman–Crippen MR) is 60.0 cm³/mol. The van der Waals surface area contributed by atoms with Gasteiger partial charge in [-0.15, -0.1) is 0 Å². The molecule has 3 N–H and O–H groups in total. The summed E-state index contributed by atoms with van der Waals surface area (Å²) in [7, 11) is 1.52. The van der Waals surface area contributed by atoms with Crippen LogP contribution < -0.4 is 10.5 Å². The fourth-order valence-corrected chi connectivity index (χ4v) is 1.70. The van der Waals surface area contributed by atoms with E-state index in [1.165, 1.54) is 7.11 Å². The lowest BCUT2D eigenvalue weighted by Gasteiger charge is -2.13. The standard InChI is InChI=1S/C10H12BrNO3/c1-5-7(9(12)10(13)14)3-6(15-2)4-8(5)11/h3-4,9H,12H2,1-2H3,(H,13,14). The van der Waals surface area contributed by atoms with Gasteiger partial charge in [0.15, 0.2) is 0 Å². The predicted octanol–water partition coefficient (Wildman–Crippen LogP) is 1.85. The number of rotatable bonds is 3. The molecule has 4 nitrogen and oxygen atoms in total. The third-order valence-corrected chi connectivity index (χ3v) is 3.02. The molecule has 15 heavy (non-hydrogen) atoms. The number of nitrogens with two attached hydrogens (primary N) is 1. The van der Waals surface area contributed by atoms with Crippen molar-refractivity contribution < 1.29 is 14.6 Å². The van der Waals surface area contributed by atoms with Gasteiger partial charge in [0, 0.05) is 4.47 Å². The number of ether oxygens (including phenoxy) is 1. The van der Waals surface area contributed by atoms with Gasteiger partial charge in [-0.1, -0.05) is 15.9 Å². The van der Waals surface area contributed by atoms with Crippen molar-refractivity contribution in [2.24, 2.45) is 5.73 Å². The van der Waals surface area contributed by atoms with Crippen molar-refractivity contribution in [2.75, 3.05) is 7.11 Å². The lowest BCUT2D eigenvalue weighted by atomic mass is 10.0. The minimum atomic E-state index is -1.06. The number of benzene rings is 1. The average molecular weight is 274 g/mol. The van der Waals surface area contributed by atoms with Gasteiger partial charge in [-0.3, -0.25) is 4.79 Å². The van der Waals surface area contributed by atoms with Crippen LogP contribution in [0.15, 0.2) is 16.6 Å². The zero-order chi connectivity index (χ0) is 11.6. The SMILES string of the molecule is COc1cc(Br)c(C)c(C(N)C(=O)O)c1. The molecule has 1 unspecified atom stereocenters. The fraction of sp³-hybridized carbons (Fsp3) is 0.300. The smallest absolute Gasteiger partial charge is 0.325 e. The van der Waals surface area contributed by atoms with Crippen LogP contribution in [0.3, 0.4) is 0 Å². The summed E-state index contributed by atoms with van der Waals surface area (Å²) in [6.07, 6.45) is 0. The van der Waals surface area contributed by atoms with Crippen LogP contribution in [0.2, 0.25) is 0 Å². The third kappa shape index (κ3) is 2.49. The van der Waals surface area contributed by atoms with E-state index in [4.69, 9.17) is 15.6 Å². The first-order valence-electron chi connectivity index (χ1n) is 4.29. The molecule has 0 radical (unpaired) electrons. The fourth-order valence-electron chi connectivity index (χ4n) is 1.25. The quantitative estimate of drug-likeness (QED) is 0.882. The van der Waals surface area contributed by atoms with E-state index in [9.17, 15) is 4.79 Å². The van der Waals surface area contributed by atoms with Crippen LogP contribution in [0.5, 0.6) is 5.75 Å². The first-order chi connectivity index (χ1) is 6.97. The summed E-state index contributed by atoms with van der Waals surface area (Å²) in [4.78, 5) is 10.8. The van der Waals surface area contributed by atoms with Crippen molar-refractivity contribution >= 4 is 21.9 Å². The highest BCUT2D eigenvalue weighted by Crippen LogP contribution is 2.29. The largest absolute Gasteiger partial charge is 0.497 e. The molecule has 0 aromatic heterocycles. The van der Waals surface area contributed by atoms with E-state index < -0.39 is 12.0 Å². The van der Waals surface area contributed by atoms with E-state index >= 15 is 0 Å². The van der Waals surface area contributed by atoms with E-state index in [0.717, 1.165) is 10.0 Å². The molecular formula is C10H12BrNO3. The summed E-state index contributed by atoms with van der Waals surface area (Å²) in [5.74, 6) is -0.475. The summed E-state index contributed by atoms with van der Waals surface area (Å²) in [5, 5.41) is 8.83. The molecule has 0 amide bonds. The molecule has 0 spiro atoms. The molecular weight excluding hydrogens is 262 g/mol. The number of aliphatic carboxylic acids is 1. The first kappa shape index (κ1) is 12.0. The summed E-state index contributed by atoms with van der Waals surface area (Å²) in [6, 6.07) is 2.38. The number of halogens is 1. The number of carbonyl (C=O) groups is 1. The van der Waals surface area contributed by atoms with Crippen molar-refractivity contribution in [1.82, 2.24) is 0 Å². The van der Waals surface area contributed by atoms with Crippen molar-refractivity contribution in [3.8, 4) is 5.75 Å². The van der Waals surface area contributed by atoms with Gasteiger partial charge < -0.3 is 15.6 Å². The Hall–Kier alpha value is -1.07. The third-order valence-electron chi connectivity index (χ3n) is 2.19. The maximum atomic E-state index is 10.8. The van der Waals surface area contributed by atoms with Crippen LogP contribution in [0.1, 0.15) is 17.2 Å². The van der Waals surface area contributed by atoms with E-state index in [1.807, 2.05) is 6.92 Å². The average Bonchev–Trinajstić information content (AvgIpc) is 2.20. The summed E-state index contributed by atoms with van der Waals surface area (Å²) in [6.45, 7) is 1.81. The van der Waals surface area contributed by atoms with Crippen LogP contribution in [-0.4, -0.2) is 18.2 Å². The molecule has 0 saturated heterocycles. The zero-order valence-electron chi connectivity index (χ0n) is 8.45. The highest BCUT2D eigenvalue weighted by atomic mass is 79.9. The Morgan fingerprint density at radius 2 is 2.20 bits per heavy atom. The molecule has 0 aliphatic carbocycles. The second-order valence-corrected chi connectivity index (χ2v) is 3.99. The minimum absolute atomic E-state index is 0.550. The second-order valence-electron chi connectivity index (χ2n) is 3.14. The van der Waals surface area contributed by atoms with Gasteiger partial charge in [-0.25, -0.2) is 0 Å². The summed E-state index contributed by atoms with van der Waals surface area (Å²) >= 11 is 3.33. The Bertz CT molecular complexity index is 392. The summed E-state index contributed by atoms with van der Waals surface area (Å²) < 4.78 is 5.83. The highest BCUT2D eigenvalue weighted by molar-refractivity contribution is 9.10. The molecule has 1 aromatic rings.